The summed E-state index contributed by atoms with van der Waals surface area (Å²) in [6.45, 7) is 3.25. The van der Waals surface area contributed by atoms with Gasteiger partial charge < -0.3 is 20.1 Å². The molecule has 1 atom stereocenters. The van der Waals surface area contributed by atoms with E-state index in [4.69, 9.17) is 20.3 Å². The number of ether oxygens (including phenoxy) is 2. The number of hydrogen-bond donors (Lipinski definition) is 1. The highest BCUT2D eigenvalue weighted by Crippen LogP contribution is 2.34. The number of fused-ring (bicyclic) bond motifs is 1. The third kappa shape index (κ3) is 6.10. The van der Waals surface area contributed by atoms with Crippen LogP contribution in [0.3, 0.4) is 0 Å². The Balaban J connectivity index is 1.09. The van der Waals surface area contributed by atoms with Crippen molar-refractivity contribution in [3.8, 4) is 28.5 Å². The number of aromatic nitrogens is 6. The van der Waals surface area contributed by atoms with Gasteiger partial charge in [0.2, 0.25) is 5.91 Å². The SMILES string of the molecule is Cc1ncc(COc2cc(F)cc(Oc3ccc(-c4nn(C[C@H]5CCCN5C(=O)C5=CCCC5)c5ncnc(N)c45)cc3)c2)cn1. The Morgan fingerprint density at radius 3 is 2.61 bits per heavy atom. The average Bonchev–Trinajstić information content (AvgIpc) is 3.83. The van der Waals surface area contributed by atoms with E-state index in [1.165, 1.54) is 18.5 Å². The third-order valence-corrected chi connectivity index (χ3v) is 8.34. The van der Waals surface area contributed by atoms with Crippen molar-refractivity contribution in [1.29, 1.82) is 0 Å². The zero-order valence-electron chi connectivity index (χ0n) is 25.4. The molecule has 11 nitrogen and oxygen atoms in total. The molecule has 0 radical (unpaired) electrons. The molecule has 0 saturated carbocycles. The quantitative estimate of drug-likeness (QED) is 0.217. The Labute approximate surface area is 264 Å². The standard InChI is InChI=1S/C34H33FN8O3/c1-21-37-16-22(17-38-21)19-45-28-13-25(35)14-29(15-28)46-27-10-8-23(9-11-27)31-30-32(36)39-20-40-33(30)43(41-31)18-26-7-4-12-42(26)34(44)24-5-2-3-6-24/h5,8-11,13-17,20,26H,2-4,6-7,12,18-19H2,1H3,(H2,36,39,40)/t26-/m1/s1. The van der Waals surface area contributed by atoms with Gasteiger partial charge in [0.1, 0.15) is 53.3 Å². The molecule has 5 aromatic rings. The fourth-order valence-corrected chi connectivity index (χ4v) is 6.06. The highest BCUT2D eigenvalue weighted by atomic mass is 19.1. The number of hydrogen-bond acceptors (Lipinski definition) is 9. The molecule has 12 heteroatoms. The smallest absolute Gasteiger partial charge is 0.249 e. The summed E-state index contributed by atoms with van der Waals surface area (Å²) in [6, 6.07) is 11.5. The number of carbonyl (C=O) groups excluding carboxylic acids is 1. The Morgan fingerprint density at radius 1 is 1.02 bits per heavy atom. The van der Waals surface area contributed by atoms with E-state index in [0.29, 0.717) is 52.2 Å². The molecular weight excluding hydrogens is 587 g/mol. The van der Waals surface area contributed by atoms with Gasteiger partial charge in [-0.25, -0.2) is 29.0 Å². The Morgan fingerprint density at radius 2 is 1.83 bits per heavy atom. The van der Waals surface area contributed by atoms with Crippen LogP contribution >= 0.6 is 0 Å². The van der Waals surface area contributed by atoms with Crippen molar-refractivity contribution in [3.63, 3.8) is 0 Å². The fraction of sp³-hybridized carbons (Fsp3) is 0.294. The number of nitrogens with two attached hydrogens (primary N) is 1. The Hall–Kier alpha value is -5.39. The molecule has 1 aliphatic carbocycles. The minimum atomic E-state index is -0.487. The highest BCUT2D eigenvalue weighted by Gasteiger charge is 2.32. The van der Waals surface area contributed by atoms with Crippen LogP contribution in [0.1, 0.15) is 43.5 Å². The van der Waals surface area contributed by atoms with Gasteiger partial charge in [0.25, 0.3) is 0 Å². The molecule has 2 aliphatic rings. The molecule has 4 heterocycles. The zero-order chi connectivity index (χ0) is 31.6. The number of nitrogens with zero attached hydrogens (tertiary/aromatic N) is 7. The van der Waals surface area contributed by atoms with Gasteiger partial charge in [0, 0.05) is 53.8 Å². The molecule has 0 spiro atoms. The number of halogens is 1. The maximum absolute atomic E-state index is 14.4. The van der Waals surface area contributed by atoms with Gasteiger partial charge >= 0.3 is 0 Å². The average molecular weight is 621 g/mol. The summed E-state index contributed by atoms with van der Waals surface area (Å²) in [5.41, 5.74) is 10.1. The molecule has 1 saturated heterocycles. The minimum Gasteiger partial charge on any atom is -0.489 e. The summed E-state index contributed by atoms with van der Waals surface area (Å²) in [5, 5.41) is 5.58. The number of amides is 1. The van der Waals surface area contributed by atoms with E-state index in [0.717, 1.165) is 55.3 Å². The summed E-state index contributed by atoms with van der Waals surface area (Å²) in [6.07, 6.45) is 11.6. The summed E-state index contributed by atoms with van der Waals surface area (Å²) in [4.78, 5) is 32.3. The van der Waals surface area contributed by atoms with E-state index in [2.05, 4.69) is 26.0 Å². The van der Waals surface area contributed by atoms with Crippen LogP contribution in [0.4, 0.5) is 10.2 Å². The number of benzene rings is 2. The van der Waals surface area contributed by atoms with Crippen molar-refractivity contribution in [2.75, 3.05) is 12.3 Å². The first-order chi connectivity index (χ1) is 22.4. The molecule has 1 amide bonds. The summed E-state index contributed by atoms with van der Waals surface area (Å²) >= 11 is 0. The Kier molecular flexibility index (Phi) is 8.00. The second kappa shape index (κ2) is 12.5. The minimum absolute atomic E-state index is 0.0160. The first kappa shape index (κ1) is 29.3. The number of rotatable bonds is 9. The van der Waals surface area contributed by atoms with Crippen LogP contribution in [0, 0.1) is 12.7 Å². The lowest BCUT2D eigenvalue weighted by molar-refractivity contribution is -0.128. The van der Waals surface area contributed by atoms with Crippen molar-refractivity contribution in [1.82, 2.24) is 34.6 Å². The number of carbonyl (C=O) groups is 1. The van der Waals surface area contributed by atoms with E-state index >= 15 is 0 Å². The monoisotopic (exact) mass is 620 g/mol. The molecule has 2 aromatic carbocycles. The molecule has 234 valence electrons. The van der Waals surface area contributed by atoms with Crippen LogP contribution in [0.2, 0.25) is 0 Å². The van der Waals surface area contributed by atoms with Gasteiger partial charge in [-0.15, -0.1) is 0 Å². The van der Waals surface area contributed by atoms with E-state index in [1.807, 2.05) is 21.7 Å². The number of likely N-dealkylation sites (tertiary alicyclic amines) is 1. The van der Waals surface area contributed by atoms with Gasteiger partial charge in [-0.05, 0) is 63.3 Å². The van der Waals surface area contributed by atoms with Gasteiger partial charge in [-0.1, -0.05) is 6.08 Å². The number of aryl methyl sites for hydroxylation is 1. The van der Waals surface area contributed by atoms with Crippen molar-refractivity contribution in [2.24, 2.45) is 0 Å². The predicted octanol–water partition coefficient (Wildman–Crippen LogP) is 5.79. The van der Waals surface area contributed by atoms with Crippen molar-refractivity contribution in [2.45, 2.75) is 58.2 Å². The summed E-state index contributed by atoms with van der Waals surface area (Å²) < 4.78 is 28.0. The maximum atomic E-state index is 14.4. The highest BCUT2D eigenvalue weighted by molar-refractivity contribution is 5.98. The lowest BCUT2D eigenvalue weighted by atomic mass is 10.1. The molecule has 7 rings (SSSR count). The molecule has 3 aromatic heterocycles. The molecule has 46 heavy (non-hydrogen) atoms. The molecule has 0 bridgehead atoms. The van der Waals surface area contributed by atoms with Crippen molar-refractivity contribution >= 4 is 22.8 Å². The first-order valence-electron chi connectivity index (χ1n) is 15.4. The molecule has 1 aliphatic heterocycles. The normalized spacial score (nSPS) is 16.2. The fourth-order valence-electron chi connectivity index (χ4n) is 6.06. The third-order valence-electron chi connectivity index (χ3n) is 8.34. The van der Waals surface area contributed by atoms with Gasteiger partial charge in [-0.3, -0.25) is 4.79 Å². The van der Waals surface area contributed by atoms with Crippen molar-refractivity contribution < 1.29 is 18.7 Å². The van der Waals surface area contributed by atoms with Gasteiger partial charge in [0.05, 0.1) is 18.0 Å². The molecular formula is C34H33FN8O3. The second-order valence-corrected chi connectivity index (χ2v) is 11.6. The van der Waals surface area contributed by atoms with Crippen LogP contribution in [0.5, 0.6) is 17.2 Å². The maximum Gasteiger partial charge on any atom is 0.249 e. The van der Waals surface area contributed by atoms with Crippen molar-refractivity contribution in [3.05, 3.63) is 90.0 Å². The zero-order valence-corrected chi connectivity index (χ0v) is 25.4. The largest absolute Gasteiger partial charge is 0.489 e. The lowest BCUT2D eigenvalue weighted by Gasteiger charge is -2.25. The van der Waals surface area contributed by atoms with Crippen LogP contribution in [-0.2, 0) is 17.9 Å². The summed E-state index contributed by atoms with van der Waals surface area (Å²) in [7, 11) is 0. The van der Waals surface area contributed by atoms with Crippen LogP contribution in [0.15, 0.2) is 72.8 Å². The molecule has 2 N–H and O–H groups in total. The predicted molar refractivity (Wildman–Crippen MR) is 169 cm³/mol. The molecule has 1 fully saturated rings. The van der Waals surface area contributed by atoms with Crippen LogP contribution < -0.4 is 15.2 Å². The summed E-state index contributed by atoms with van der Waals surface area (Å²) in [5.74, 6) is 1.75. The lowest BCUT2D eigenvalue weighted by Crippen LogP contribution is -2.38. The number of anilines is 1. The second-order valence-electron chi connectivity index (χ2n) is 11.6. The van der Waals surface area contributed by atoms with Crippen LogP contribution in [0.25, 0.3) is 22.3 Å². The van der Waals surface area contributed by atoms with E-state index in [1.54, 1.807) is 37.5 Å². The van der Waals surface area contributed by atoms with Crippen LogP contribution in [-0.4, -0.2) is 53.1 Å². The first-order valence-corrected chi connectivity index (χ1v) is 15.4. The van der Waals surface area contributed by atoms with E-state index in [9.17, 15) is 9.18 Å². The Bertz CT molecular complexity index is 1920. The number of nitrogen functional groups attached to an aromatic ring is 1. The van der Waals surface area contributed by atoms with E-state index < -0.39 is 5.82 Å². The topological polar surface area (TPSA) is 134 Å². The molecule has 0 unspecified atom stereocenters. The van der Waals surface area contributed by atoms with Gasteiger partial charge in [-0.2, -0.15) is 5.10 Å². The van der Waals surface area contributed by atoms with Gasteiger partial charge in [0.15, 0.2) is 5.65 Å². The number of allylic oxidation sites excluding steroid dienone is 1. The van der Waals surface area contributed by atoms with E-state index in [-0.39, 0.29) is 18.6 Å².